The third-order valence-corrected chi connectivity index (χ3v) is 5.03. The number of benzene rings is 2. The maximum atomic E-state index is 12.3. The zero-order valence-electron chi connectivity index (χ0n) is 13.3. The van der Waals surface area contributed by atoms with E-state index in [1.807, 2.05) is 62.4 Å². The first-order valence-electron chi connectivity index (χ1n) is 7.71. The molecule has 3 aromatic rings. The maximum Gasteiger partial charge on any atom is 0.125 e. The lowest BCUT2D eigenvalue weighted by Crippen LogP contribution is -2.30. The van der Waals surface area contributed by atoms with Gasteiger partial charge >= 0.3 is 0 Å². The summed E-state index contributed by atoms with van der Waals surface area (Å²) in [5.74, 6) is 0. The number of nitrogens with zero attached hydrogens (tertiary/aromatic N) is 1. The molecule has 3 nitrogen and oxygen atoms in total. The molecule has 1 aromatic heterocycles. The number of aromatic nitrogens is 1. The molecule has 0 aliphatic heterocycles. The second kappa shape index (κ2) is 7.02. The average molecular weight is 324 g/mol. The van der Waals surface area contributed by atoms with Crippen molar-refractivity contribution < 1.29 is 4.21 Å². The molecule has 0 bridgehead atoms. The molecule has 0 fully saturated rings. The van der Waals surface area contributed by atoms with E-state index < -0.39 is 11.0 Å². The highest BCUT2D eigenvalue weighted by Gasteiger charge is 2.10. The van der Waals surface area contributed by atoms with Crippen LogP contribution in [-0.4, -0.2) is 15.2 Å². The summed E-state index contributed by atoms with van der Waals surface area (Å²) in [7, 11) is -1.20. The fraction of sp³-hybridized carbons (Fsp3) is 0.211. The number of hydrogen-bond acceptors (Lipinski definition) is 2. The molecule has 3 rings (SSSR count). The van der Waals surface area contributed by atoms with Gasteiger partial charge in [-0.3, -0.25) is 4.98 Å². The van der Waals surface area contributed by atoms with E-state index in [-0.39, 0.29) is 6.04 Å². The van der Waals surface area contributed by atoms with Gasteiger partial charge in [0.15, 0.2) is 0 Å². The molecule has 0 saturated heterocycles. The summed E-state index contributed by atoms with van der Waals surface area (Å²) >= 11 is 0. The van der Waals surface area contributed by atoms with E-state index in [9.17, 15) is 4.21 Å². The van der Waals surface area contributed by atoms with E-state index in [2.05, 4.69) is 21.8 Å². The lowest BCUT2D eigenvalue weighted by molar-refractivity contribution is 0.629. The van der Waals surface area contributed by atoms with E-state index in [0.29, 0.717) is 0 Å². The second-order valence-electron chi connectivity index (χ2n) is 5.80. The summed E-state index contributed by atoms with van der Waals surface area (Å²) in [6.45, 7) is 4.05. The Balaban J connectivity index is 1.66. The highest BCUT2D eigenvalue weighted by Crippen LogP contribution is 2.13. The summed E-state index contributed by atoms with van der Waals surface area (Å²) < 4.78 is 15.5. The Bertz CT molecular complexity index is 830. The quantitative estimate of drug-likeness (QED) is 0.776. The van der Waals surface area contributed by atoms with Crippen LogP contribution in [0.1, 0.15) is 18.2 Å². The third-order valence-electron chi connectivity index (χ3n) is 3.71. The molecule has 0 radical (unpaired) electrons. The molecular formula is C19H20N2OS. The van der Waals surface area contributed by atoms with Crippen molar-refractivity contribution in [3.05, 3.63) is 71.9 Å². The molecule has 0 aliphatic carbocycles. The Kier molecular flexibility index (Phi) is 4.84. The average Bonchev–Trinajstić information content (AvgIpc) is 2.55. The molecular weight excluding hydrogens is 304 g/mol. The predicted molar refractivity (Wildman–Crippen MR) is 95.6 cm³/mol. The number of pyridine rings is 1. The van der Waals surface area contributed by atoms with Gasteiger partial charge < -0.3 is 0 Å². The molecule has 0 spiro atoms. The van der Waals surface area contributed by atoms with Crippen LogP contribution in [0.2, 0.25) is 0 Å². The molecule has 2 unspecified atom stereocenters. The molecule has 0 saturated carbocycles. The van der Waals surface area contributed by atoms with Crippen molar-refractivity contribution >= 4 is 21.9 Å². The van der Waals surface area contributed by atoms with Gasteiger partial charge in [0.2, 0.25) is 0 Å². The Morgan fingerprint density at radius 1 is 1.04 bits per heavy atom. The first-order chi connectivity index (χ1) is 11.1. The summed E-state index contributed by atoms with van der Waals surface area (Å²) in [6, 6.07) is 20.0. The Labute approximate surface area is 139 Å². The van der Waals surface area contributed by atoms with Gasteiger partial charge in [0.1, 0.15) is 11.0 Å². The fourth-order valence-electron chi connectivity index (χ4n) is 2.49. The summed E-state index contributed by atoms with van der Waals surface area (Å²) in [5.41, 5.74) is 3.17. The number of hydrogen-bond donors (Lipinski definition) is 1. The van der Waals surface area contributed by atoms with E-state index in [1.165, 1.54) is 5.56 Å². The van der Waals surface area contributed by atoms with Crippen LogP contribution in [0.4, 0.5) is 0 Å². The topological polar surface area (TPSA) is 42.0 Å². The smallest absolute Gasteiger partial charge is 0.125 e. The Morgan fingerprint density at radius 3 is 2.57 bits per heavy atom. The second-order valence-corrected chi connectivity index (χ2v) is 7.04. The lowest BCUT2D eigenvalue weighted by Gasteiger charge is -2.13. The minimum Gasteiger partial charge on any atom is -0.253 e. The van der Waals surface area contributed by atoms with Gasteiger partial charge in [-0.25, -0.2) is 8.93 Å². The van der Waals surface area contributed by atoms with Crippen molar-refractivity contribution in [2.75, 3.05) is 0 Å². The minimum absolute atomic E-state index is 0.0748. The molecule has 1 heterocycles. The molecule has 1 N–H and O–H groups in total. The van der Waals surface area contributed by atoms with Gasteiger partial charge in [0.05, 0.1) is 10.4 Å². The molecule has 2 aromatic carbocycles. The normalized spacial score (nSPS) is 13.8. The monoisotopic (exact) mass is 324 g/mol. The minimum atomic E-state index is -1.20. The highest BCUT2D eigenvalue weighted by molar-refractivity contribution is 7.83. The van der Waals surface area contributed by atoms with E-state index >= 15 is 0 Å². The third kappa shape index (κ3) is 4.03. The van der Waals surface area contributed by atoms with Crippen LogP contribution in [0, 0.1) is 6.92 Å². The zero-order valence-corrected chi connectivity index (χ0v) is 14.1. The Hall–Kier alpha value is -2.04. The largest absolute Gasteiger partial charge is 0.253 e. The van der Waals surface area contributed by atoms with Crippen LogP contribution >= 0.6 is 0 Å². The number of fused-ring (bicyclic) bond motifs is 1. The van der Waals surface area contributed by atoms with Crippen molar-refractivity contribution in [1.29, 1.82) is 0 Å². The van der Waals surface area contributed by atoms with Gasteiger partial charge in [0.25, 0.3) is 0 Å². The number of para-hydroxylation sites is 1. The van der Waals surface area contributed by atoms with Crippen LogP contribution in [0.5, 0.6) is 0 Å². The standard InChI is InChI=1S/C19H20N2OS/c1-14-7-11-18(12-8-14)23(22)21-15(2)13-17-10-9-16-5-3-4-6-19(16)20-17/h3-12,15,21H,13H2,1-2H3. The van der Waals surface area contributed by atoms with Crippen LogP contribution in [0.15, 0.2) is 65.6 Å². The van der Waals surface area contributed by atoms with E-state index in [1.54, 1.807) is 0 Å². The van der Waals surface area contributed by atoms with Crippen LogP contribution < -0.4 is 4.72 Å². The SMILES string of the molecule is Cc1ccc(S(=O)NC(C)Cc2ccc3ccccc3n2)cc1. The van der Waals surface area contributed by atoms with Gasteiger partial charge in [-0.2, -0.15) is 0 Å². The molecule has 0 amide bonds. The predicted octanol–water partition coefficient (Wildman–Crippen LogP) is 3.79. The van der Waals surface area contributed by atoms with Crippen LogP contribution in [0.25, 0.3) is 10.9 Å². The van der Waals surface area contributed by atoms with Crippen molar-refractivity contribution in [2.24, 2.45) is 0 Å². The van der Waals surface area contributed by atoms with Crippen LogP contribution in [0.3, 0.4) is 0 Å². The molecule has 4 heteroatoms. The fourth-order valence-corrected chi connectivity index (χ4v) is 3.46. The van der Waals surface area contributed by atoms with Gasteiger partial charge in [-0.15, -0.1) is 0 Å². The van der Waals surface area contributed by atoms with E-state index in [4.69, 9.17) is 0 Å². The van der Waals surface area contributed by atoms with Crippen molar-refractivity contribution in [3.63, 3.8) is 0 Å². The molecule has 118 valence electrons. The van der Waals surface area contributed by atoms with E-state index in [0.717, 1.165) is 27.9 Å². The van der Waals surface area contributed by atoms with Crippen molar-refractivity contribution in [1.82, 2.24) is 9.71 Å². The summed E-state index contributed by atoms with van der Waals surface area (Å²) in [6.07, 6.45) is 0.739. The zero-order chi connectivity index (χ0) is 16.2. The summed E-state index contributed by atoms with van der Waals surface area (Å²) in [4.78, 5) is 5.47. The molecule has 2 atom stereocenters. The maximum absolute atomic E-state index is 12.3. The van der Waals surface area contributed by atoms with Gasteiger partial charge in [-0.1, -0.05) is 42.0 Å². The Morgan fingerprint density at radius 2 is 1.78 bits per heavy atom. The molecule has 23 heavy (non-hydrogen) atoms. The first kappa shape index (κ1) is 15.8. The summed E-state index contributed by atoms with van der Waals surface area (Å²) in [5, 5.41) is 1.14. The highest BCUT2D eigenvalue weighted by atomic mass is 32.2. The first-order valence-corrected chi connectivity index (χ1v) is 8.86. The van der Waals surface area contributed by atoms with Gasteiger partial charge in [0, 0.05) is 23.5 Å². The lowest BCUT2D eigenvalue weighted by atomic mass is 10.1. The number of nitrogens with one attached hydrogen (secondary N) is 1. The van der Waals surface area contributed by atoms with Crippen LogP contribution in [-0.2, 0) is 17.4 Å². The number of aryl methyl sites for hydroxylation is 1. The van der Waals surface area contributed by atoms with Crippen molar-refractivity contribution in [2.45, 2.75) is 31.2 Å². The molecule has 0 aliphatic rings. The van der Waals surface area contributed by atoms with Crippen molar-refractivity contribution in [3.8, 4) is 0 Å². The number of rotatable bonds is 5. The van der Waals surface area contributed by atoms with Gasteiger partial charge in [-0.05, 0) is 38.1 Å².